The Hall–Kier alpha value is -3.77. The Kier molecular flexibility index (Phi) is 9.91. The predicted molar refractivity (Wildman–Crippen MR) is 196 cm³/mol. The predicted octanol–water partition coefficient (Wildman–Crippen LogP) is 5.23. The first-order valence-corrected chi connectivity index (χ1v) is 18.4. The van der Waals surface area contributed by atoms with E-state index >= 15 is 0 Å². The summed E-state index contributed by atoms with van der Waals surface area (Å²) >= 11 is 0. The molecule has 0 unspecified atom stereocenters. The molecule has 2 bridgehead atoms. The molecule has 2 aromatic carbocycles. The molecule has 282 valence electrons. The van der Waals surface area contributed by atoms with Crippen molar-refractivity contribution in [3.05, 3.63) is 77.4 Å². The van der Waals surface area contributed by atoms with Gasteiger partial charge in [0.2, 0.25) is 6.10 Å². The fourth-order valence-electron chi connectivity index (χ4n) is 10.5. The maximum atomic E-state index is 14.8. The van der Waals surface area contributed by atoms with Gasteiger partial charge in [0.05, 0.1) is 42.5 Å². The Morgan fingerprint density at radius 3 is 2.25 bits per heavy atom. The highest BCUT2D eigenvalue weighted by molar-refractivity contribution is 5.91. The highest BCUT2D eigenvalue weighted by atomic mass is 16.6. The van der Waals surface area contributed by atoms with Crippen molar-refractivity contribution in [3.63, 3.8) is 0 Å². The number of carbonyl (C=O) groups excluding carboxylic acids is 3. The molecule has 3 fully saturated rings. The minimum absolute atomic E-state index is 0.0406. The summed E-state index contributed by atoms with van der Waals surface area (Å²) in [6.07, 6.45) is -4.01. The molecule has 0 aromatic heterocycles. The summed E-state index contributed by atoms with van der Waals surface area (Å²) in [7, 11) is 1.47. The molecule has 0 spiro atoms. The Balaban J connectivity index is 1.44. The number of rotatable bonds is 8. The summed E-state index contributed by atoms with van der Waals surface area (Å²) < 4.78 is 18.3. The number of ketones is 1. The molecule has 11 atom stereocenters. The second-order valence-electron chi connectivity index (χ2n) is 16.6. The number of aliphatic hydroxyl groups is 2. The van der Waals surface area contributed by atoms with E-state index in [0.29, 0.717) is 35.4 Å². The number of nitrogens with one attached hydrogen (secondary N) is 1. The van der Waals surface area contributed by atoms with Crippen LogP contribution in [0.25, 0.3) is 0 Å². The summed E-state index contributed by atoms with van der Waals surface area (Å²) in [4.78, 5) is 43.9. The zero-order chi connectivity index (χ0) is 38.0. The molecule has 5 N–H and O–H groups in total. The van der Waals surface area contributed by atoms with E-state index in [1.165, 1.54) is 7.05 Å². The number of nitrogens with zero attached hydrogens (tertiary/aromatic N) is 1. The van der Waals surface area contributed by atoms with Crippen LogP contribution in [0.2, 0.25) is 0 Å². The van der Waals surface area contributed by atoms with Gasteiger partial charge in [0, 0.05) is 42.3 Å². The van der Waals surface area contributed by atoms with Gasteiger partial charge in [0.15, 0.2) is 0 Å². The van der Waals surface area contributed by atoms with Gasteiger partial charge in [-0.05, 0) is 54.5 Å². The number of benzene rings is 2. The van der Waals surface area contributed by atoms with Crippen molar-refractivity contribution in [2.75, 3.05) is 25.6 Å². The number of para-hydroxylation sites is 1. The Labute approximate surface area is 306 Å². The largest absolute Gasteiger partial charge is 0.455 e. The van der Waals surface area contributed by atoms with Crippen LogP contribution in [0.4, 0.5) is 10.5 Å². The standard InChI is InChI=1S/C41H55N3O8/c1-23-28(51-36(47)33(52-37(48)44(8)22-42)32(26-15-11-9-12-16-26)43-27-17-13-10-14-18-27)20-41(49)25(3)34-39(6)21-50-30(39)19-29(45)40(34,7)35(46)24(2)31(23)38(41,4)5/h9-18,24-25,28-30,32-34,43,45,49H,19-22,42H2,1-8H3/t24-,25+,28+,29+,30-,32+,33-,34-,39-,40-,41-/m1/s1. The minimum atomic E-state index is -1.48. The number of fused-ring (bicyclic) bond motifs is 5. The molecule has 3 aliphatic carbocycles. The Morgan fingerprint density at radius 2 is 1.67 bits per heavy atom. The van der Waals surface area contributed by atoms with Gasteiger partial charge in [-0.1, -0.05) is 83.1 Å². The van der Waals surface area contributed by atoms with Gasteiger partial charge < -0.3 is 35.5 Å². The number of anilines is 1. The van der Waals surface area contributed by atoms with Crippen LogP contribution in [0.3, 0.4) is 0 Å². The molecule has 1 amide bonds. The molecule has 6 rings (SSSR count). The quantitative estimate of drug-likeness (QED) is 0.162. The van der Waals surface area contributed by atoms with Crippen LogP contribution in [0.15, 0.2) is 71.8 Å². The van der Waals surface area contributed by atoms with Gasteiger partial charge in [-0.3, -0.25) is 9.69 Å². The summed E-state index contributed by atoms with van der Waals surface area (Å²) in [6, 6.07) is 17.6. The number of nitrogens with two attached hydrogens (primary N) is 1. The second kappa shape index (κ2) is 13.6. The zero-order valence-corrected chi connectivity index (χ0v) is 31.6. The second-order valence-corrected chi connectivity index (χ2v) is 16.6. The van der Waals surface area contributed by atoms with E-state index in [9.17, 15) is 24.6 Å². The van der Waals surface area contributed by atoms with Crippen LogP contribution in [0.5, 0.6) is 0 Å². The van der Waals surface area contributed by atoms with Crippen LogP contribution in [-0.4, -0.2) is 83.3 Å². The van der Waals surface area contributed by atoms with Crippen molar-refractivity contribution in [3.8, 4) is 0 Å². The topological polar surface area (TPSA) is 161 Å². The van der Waals surface area contributed by atoms with Crippen molar-refractivity contribution >= 4 is 23.5 Å². The molecule has 1 aliphatic heterocycles. The highest BCUT2D eigenvalue weighted by Gasteiger charge is 2.72. The first-order valence-electron chi connectivity index (χ1n) is 18.4. The minimum Gasteiger partial charge on any atom is -0.455 e. The van der Waals surface area contributed by atoms with Gasteiger partial charge in [-0.2, -0.15) is 0 Å². The molecule has 2 aromatic rings. The first-order chi connectivity index (χ1) is 24.4. The van der Waals surface area contributed by atoms with Crippen molar-refractivity contribution in [2.45, 2.75) is 97.4 Å². The SMILES string of the molecule is CC1=C2[C@@H](C)C(=O)[C@@]3(C)[C@H]([C@H](C)[C@](O)(C[C@@H]1OC(=O)[C@H](OC(=O)N(C)CN)[C@@H](Nc1ccccc1)c1ccccc1)C2(C)C)[C@]1(C)CO[C@@H]1C[C@@H]3O. The lowest BCUT2D eigenvalue weighted by Gasteiger charge is -2.68. The zero-order valence-electron chi connectivity index (χ0n) is 31.6. The average molecular weight is 718 g/mol. The third-order valence-electron chi connectivity index (χ3n) is 13.4. The Bertz CT molecular complexity index is 1720. The smallest absolute Gasteiger partial charge is 0.411 e. The number of ether oxygens (including phenoxy) is 3. The lowest BCUT2D eigenvalue weighted by Crippen LogP contribution is -2.74. The monoisotopic (exact) mass is 717 g/mol. The summed E-state index contributed by atoms with van der Waals surface area (Å²) in [5.74, 6) is -2.53. The number of hydrogen-bond donors (Lipinski definition) is 4. The van der Waals surface area contributed by atoms with E-state index in [4.69, 9.17) is 19.9 Å². The molecular formula is C41H55N3O8. The number of carbonyl (C=O) groups is 3. The van der Waals surface area contributed by atoms with Crippen LogP contribution in [0, 0.1) is 34.0 Å². The molecule has 2 saturated carbocycles. The van der Waals surface area contributed by atoms with Crippen molar-refractivity contribution < 1.29 is 38.8 Å². The normalized spacial score (nSPS) is 36.1. The number of aliphatic hydroxyl groups excluding tert-OH is 1. The lowest BCUT2D eigenvalue weighted by molar-refractivity contribution is -0.301. The van der Waals surface area contributed by atoms with E-state index in [0.717, 1.165) is 4.90 Å². The van der Waals surface area contributed by atoms with E-state index in [1.54, 1.807) is 0 Å². The van der Waals surface area contributed by atoms with Crippen molar-refractivity contribution in [1.82, 2.24) is 4.90 Å². The maximum absolute atomic E-state index is 14.8. The third-order valence-corrected chi connectivity index (χ3v) is 13.4. The van der Waals surface area contributed by atoms with E-state index in [1.807, 2.05) is 102 Å². The molecule has 11 nitrogen and oxygen atoms in total. The highest BCUT2D eigenvalue weighted by Crippen LogP contribution is 2.67. The fourth-order valence-corrected chi connectivity index (χ4v) is 10.5. The number of amides is 1. The number of esters is 1. The van der Waals surface area contributed by atoms with Crippen LogP contribution < -0.4 is 11.1 Å². The molecule has 0 radical (unpaired) electrons. The Morgan fingerprint density at radius 1 is 1.06 bits per heavy atom. The van der Waals surface area contributed by atoms with Crippen molar-refractivity contribution in [1.29, 1.82) is 0 Å². The van der Waals surface area contributed by atoms with Gasteiger partial charge in [-0.15, -0.1) is 0 Å². The summed E-state index contributed by atoms with van der Waals surface area (Å²) in [6.45, 7) is 13.8. The molecule has 52 heavy (non-hydrogen) atoms. The van der Waals surface area contributed by atoms with Gasteiger partial charge in [0.25, 0.3) is 0 Å². The van der Waals surface area contributed by atoms with Crippen LogP contribution in [-0.2, 0) is 23.8 Å². The van der Waals surface area contributed by atoms with Gasteiger partial charge in [0.1, 0.15) is 11.9 Å². The van der Waals surface area contributed by atoms with E-state index in [-0.39, 0.29) is 25.0 Å². The molecular weight excluding hydrogens is 662 g/mol. The van der Waals surface area contributed by atoms with E-state index in [2.05, 4.69) is 12.2 Å². The number of Topliss-reactive ketones (excluding diaryl/α,β-unsaturated/α-hetero) is 1. The average Bonchev–Trinajstić information content (AvgIpc) is 3.12. The third kappa shape index (κ3) is 5.75. The van der Waals surface area contributed by atoms with Crippen LogP contribution in [0.1, 0.15) is 72.9 Å². The van der Waals surface area contributed by atoms with Crippen molar-refractivity contribution in [2.24, 2.45) is 39.7 Å². The first kappa shape index (κ1) is 38.0. The summed E-state index contributed by atoms with van der Waals surface area (Å²) in [5.41, 5.74) is 4.54. The molecule has 1 heterocycles. The fraction of sp³-hybridized carbons (Fsp3) is 0.585. The number of hydrogen-bond acceptors (Lipinski definition) is 10. The van der Waals surface area contributed by atoms with Crippen LogP contribution >= 0.6 is 0 Å². The maximum Gasteiger partial charge on any atom is 0.411 e. The molecule has 11 heteroatoms. The molecule has 4 aliphatic rings. The summed E-state index contributed by atoms with van der Waals surface area (Å²) in [5, 5.41) is 28.2. The lowest BCUT2D eigenvalue weighted by atomic mass is 9.40. The van der Waals surface area contributed by atoms with Gasteiger partial charge >= 0.3 is 12.1 Å². The van der Waals surface area contributed by atoms with E-state index < -0.39 is 76.0 Å². The van der Waals surface area contributed by atoms with Gasteiger partial charge in [-0.25, -0.2) is 9.59 Å². The molecule has 1 saturated heterocycles.